The summed E-state index contributed by atoms with van der Waals surface area (Å²) in [5, 5.41) is 25.8. The van der Waals surface area contributed by atoms with E-state index in [1.165, 1.54) is 0 Å². The van der Waals surface area contributed by atoms with E-state index in [4.69, 9.17) is 14.5 Å². The number of amides is 1. The summed E-state index contributed by atoms with van der Waals surface area (Å²) in [6, 6.07) is 5.60. The van der Waals surface area contributed by atoms with Crippen LogP contribution in [0, 0.1) is 22.7 Å². The number of nitrogens with one attached hydrogen (secondary N) is 1. The molecule has 1 aliphatic heterocycles. The van der Waals surface area contributed by atoms with Crippen LogP contribution < -0.4 is 14.8 Å². The Morgan fingerprint density at radius 3 is 2.62 bits per heavy atom. The zero-order valence-corrected chi connectivity index (χ0v) is 24.6. The van der Waals surface area contributed by atoms with Crippen molar-refractivity contribution in [3.8, 4) is 11.5 Å². The van der Waals surface area contributed by atoms with E-state index in [9.17, 15) is 15.0 Å². The predicted octanol–water partition coefficient (Wildman–Crippen LogP) is 4.97. The van der Waals surface area contributed by atoms with Crippen molar-refractivity contribution in [1.82, 2.24) is 9.88 Å². The number of rotatable bonds is 7. The molecule has 9 heteroatoms. The van der Waals surface area contributed by atoms with Crippen LogP contribution in [0.3, 0.4) is 0 Å². The third kappa shape index (κ3) is 5.02. The van der Waals surface area contributed by atoms with Crippen LogP contribution in [0.1, 0.15) is 69.4 Å². The number of likely N-dealkylation sites (tertiary alicyclic amines) is 1. The third-order valence-corrected chi connectivity index (χ3v) is 11.1. The SMILES string of the molecule is COc1ccc(OC)c(Nc2nc3c(s2)CC2C(C)(CO)C(O)CCC2(C)C3CC(=O)N2CCC(C)CC2)c1. The lowest BCUT2D eigenvalue weighted by molar-refractivity contribution is -0.147. The van der Waals surface area contributed by atoms with Gasteiger partial charge >= 0.3 is 0 Å². The third-order valence-electron chi connectivity index (χ3n) is 10.1. The van der Waals surface area contributed by atoms with E-state index < -0.39 is 11.5 Å². The Bertz CT molecular complexity index is 1200. The van der Waals surface area contributed by atoms with Gasteiger partial charge in [-0.05, 0) is 61.5 Å². The molecule has 2 heterocycles. The fraction of sp³-hybridized carbons (Fsp3) is 0.667. The normalized spacial score (nSPS) is 30.8. The number of thiazole rings is 1. The van der Waals surface area contributed by atoms with Gasteiger partial charge in [0.1, 0.15) is 11.5 Å². The van der Waals surface area contributed by atoms with Gasteiger partial charge in [-0.25, -0.2) is 4.98 Å². The van der Waals surface area contributed by atoms with E-state index in [1.54, 1.807) is 25.6 Å². The second-order valence-corrected chi connectivity index (χ2v) is 13.4. The van der Waals surface area contributed by atoms with Gasteiger partial charge in [0.25, 0.3) is 0 Å². The van der Waals surface area contributed by atoms with Gasteiger partial charge in [-0.2, -0.15) is 0 Å². The first-order chi connectivity index (χ1) is 18.6. The van der Waals surface area contributed by atoms with Crippen molar-refractivity contribution in [3.63, 3.8) is 0 Å². The zero-order valence-electron chi connectivity index (χ0n) is 23.8. The van der Waals surface area contributed by atoms with E-state index in [-0.39, 0.29) is 29.8 Å². The first kappa shape index (κ1) is 28.2. The lowest BCUT2D eigenvalue weighted by atomic mass is 9.47. The minimum Gasteiger partial charge on any atom is -0.497 e. The van der Waals surface area contributed by atoms with Crippen LogP contribution in [0.2, 0.25) is 0 Å². The summed E-state index contributed by atoms with van der Waals surface area (Å²) >= 11 is 1.59. The Morgan fingerprint density at radius 1 is 1.21 bits per heavy atom. The number of aromatic nitrogens is 1. The topological polar surface area (TPSA) is 104 Å². The lowest BCUT2D eigenvalue weighted by Crippen LogP contribution is -2.57. The quantitative estimate of drug-likeness (QED) is 0.442. The summed E-state index contributed by atoms with van der Waals surface area (Å²) in [7, 11) is 3.27. The monoisotopic (exact) mass is 557 g/mol. The number of aliphatic hydroxyl groups excluding tert-OH is 2. The molecule has 0 bridgehead atoms. The van der Waals surface area contributed by atoms with Crippen molar-refractivity contribution >= 4 is 28.1 Å². The van der Waals surface area contributed by atoms with E-state index in [0.29, 0.717) is 30.3 Å². The van der Waals surface area contributed by atoms with Crippen molar-refractivity contribution < 1.29 is 24.5 Å². The smallest absolute Gasteiger partial charge is 0.223 e. The molecular weight excluding hydrogens is 514 g/mol. The van der Waals surface area contributed by atoms with Gasteiger partial charge in [0, 0.05) is 41.8 Å². The molecule has 1 amide bonds. The number of benzene rings is 1. The molecule has 3 aliphatic rings. The van der Waals surface area contributed by atoms with Gasteiger partial charge in [-0.15, -0.1) is 11.3 Å². The largest absolute Gasteiger partial charge is 0.497 e. The molecule has 39 heavy (non-hydrogen) atoms. The summed E-state index contributed by atoms with van der Waals surface area (Å²) in [6.07, 6.45) is 4.05. The average Bonchev–Trinajstić information content (AvgIpc) is 3.34. The van der Waals surface area contributed by atoms with Crippen LogP contribution in [0.4, 0.5) is 10.8 Å². The maximum absolute atomic E-state index is 13.7. The van der Waals surface area contributed by atoms with Gasteiger partial charge in [0.2, 0.25) is 5.91 Å². The molecular formula is C30H43N3O5S. The Kier molecular flexibility index (Phi) is 7.87. The number of carbonyl (C=O) groups excluding carboxylic acids is 1. The van der Waals surface area contributed by atoms with Crippen molar-refractivity contribution in [1.29, 1.82) is 0 Å². The fourth-order valence-corrected chi connectivity index (χ4v) is 8.37. The molecule has 5 rings (SSSR count). The first-order valence-electron chi connectivity index (χ1n) is 14.2. The van der Waals surface area contributed by atoms with Crippen LogP contribution >= 0.6 is 11.3 Å². The molecule has 2 aliphatic carbocycles. The second-order valence-electron chi connectivity index (χ2n) is 12.3. The zero-order chi connectivity index (χ0) is 27.9. The average molecular weight is 558 g/mol. The van der Waals surface area contributed by atoms with E-state index in [2.05, 4.69) is 19.2 Å². The Morgan fingerprint density at radius 2 is 1.95 bits per heavy atom. The van der Waals surface area contributed by atoms with Gasteiger partial charge in [-0.3, -0.25) is 4.79 Å². The molecule has 8 nitrogen and oxygen atoms in total. The van der Waals surface area contributed by atoms with Crippen LogP contribution in [0.15, 0.2) is 18.2 Å². The fourth-order valence-electron chi connectivity index (χ4n) is 7.29. The van der Waals surface area contributed by atoms with Gasteiger partial charge in [0.05, 0.1) is 38.3 Å². The number of piperidine rings is 1. The highest BCUT2D eigenvalue weighted by Crippen LogP contribution is 2.63. The van der Waals surface area contributed by atoms with E-state index >= 15 is 0 Å². The summed E-state index contributed by atoms with van der Waals surface area (Å²) < 4.78 is 11.0. The molecule has 2 aromatic rings. The summed E-state index contributed by atoms with van der Waals surface area (Å²) in [5.41, 5.74) is 0.845. The standard InChI is InChI=1S/C30H43N3O5S/c1-18-9-12-33(13-10-18)26(36)15-20-27-23(16-24-29(20,2)11-8-25(35)30(24,3)17-34)39-28(32-27)31-21-14-19(37-4)6-7-22(21)38-5/h6-7,14,18,20,24-25,34-35H,8-13,15-17H2,1-5H3,(H,31,32). The Labute approximate surface area is 235 Å². The molecule has 5 unspecified atom stereocenters. The number of carbonyl (C=O) groups is 1. The van der Waals surface area contributed by atoms with Crippen LogP contribution in [0.5, 0.6) is 11.5 Å². The van der Waals surface area contributed by atoms with E-state index in [1.807, 2.05) is 30.0 Å². The molecule has 0 spiro atoms. The first-order valence-corrected chi connectivity index (χ1v) is 15.0. The number of aliphatic hydroxyl groups is 2. The molecule has 1 aromatic heterocycles. The Balaban J connectivity index is 1.52. The molecule has 2 fully saturated rings. The van der Waals surface area contributed by atoms with Crippen LogP contribution in [-0.2, 0) is 11.2 Å². The molecule has 214 valence electrons. The Hall–Kier alpha value is -2.36. The minimum atomic E-state index is -0.639. The molecule has 3 N–H and O–H groups in total. The number of fused-ring (bicyclic) bond motifs is 2. The van der Waals surface area contributed by atoms with Crippen molar-refractivity contribution in [2.75, 3.05) is 39.2 Å². The molecule has 1 aromatic carbocycles. The van der Waals surface area contributed by atoms with Crippen LogP contribution in [0.25, 0.3) is 0 Å². The van der Waals surface area contributed by atoms with Gasteiger partial charge in [0.15, 0.2) is 5.13 Å². The summed E-state index contributed by atoms with van der Waals surface area (Å²) in [6.45, 7) is 8.06. The number of hydrogen-bond acceptors (Lipinski definition) is 8. The second kappa shape index (κ2) is 10.9. The lowest BCUT2D eigenvalue weighted by Gasteiger charge is -2.58. The maximum atomic E-state index is 13.7. The summed E-state index contributed by atoms with van der Waals surface area (Å²) in [5.74, 6) is 2.19. The van der Waals surface area contributed by atoms with Crippen LogP contribution in [-0.4, -0.2) is 66.0 Å². The van der Waals surface area contributed by atoms with Crippen molar-refractivity contribution in [2.24, 2.45) is 22.7 Å². The molecule has 5 atom stereocenters. The van der Waals surface area contributed by atoms with Crippen molar-refractivity contribution in [2.45, 2.75) is 71.3 Å². The van der Waals surface area contributed by atoms with Gasteiger partial charge in [-0.1, -0.05) is 20.8 Å². The number of hydrogen-bond donors (Lipinski definition) is 3. The maximum Gasteiger partial charge on any atom is 0.223 e. The molecule has 1 saturated carbocycles. The highest BCUT2D eigenvalue weighted by atomic mass is 32.1. The highest BCUT2D eigenvalue weighted by molar-refractivity contribution is 7.15. The molecule has 1 saturated heterocycles. The number of ether oxygens (including phenoxy) is 2. The van der Waals surface area contributed by atoms with E-state index in [0.717, 1.165) is 60.2 Å². The van der Waals surface area contributed by atoms with Crippen molar-refractivity contribution in [3.05, 3.63) is 28.8 Å². The number of nitrogens with zero attached hydrogens (tertiary/aromatic N) is 2. The minimum absolute atomic E-state index is 0.0325. The molecule has 0 radical (unpaired) electrons. The summed E-state index contributed by atoms with van der Waals surface area (Å²) in [4.78, 5) is 22.0. The van der Waals surface area contributed by atoms with Gasteiger partial charge < -0.3 is 29.9 Å². The number of methoxy groups -OCH3 is 2. The number of anilines is 2. The predicted molar refractivity (Wildman–Crippen MR) is 153 cm³/mol. The highest BCUT2D eigenvalue weighted by Gasteiger charge is 2.59.